The van der Waals surface area contributed by atoms with Gasteiger partial charge >= 0.3 is 5.97 Å². The van der Waals surface area contributed by atoms with E-state index in [2.05, 4.69) is 5.32 Å². The van der Waals surface area contributed by atoms with Gasteiger partial charge in [0.05, 0.1) is 5.75 Å². The highest BCUT2D eigenvalue weighted by Gasteiger charge is 2.45. The van der Waals surface area contributed by atoms with Gasteiger partial charge in [-0.25, -0.2) is 12.7 Å². The molecule has 0 radical (unpaired) electrons. The smallest absolute Gasteiger partial charge is 0.320 e. The van der Waals surface area contributed by atoms with E-state index in [1.807, 2.05) is 31.2 Å². The van der Waals surface area contributed by atoms with Crippen molar-refractivity contribution in [3.63, 3.8) is 0 Å². The molecule has 2 fully saturated rings. The van der Waals surface area contributed by atoms with Crippen molar-refractivity contribution in [3.8, 4) is 0 Å². The molecule has 0 unspecified atom stereocenters. The second-order valence-corrected chi connectivity index (χ2v) is 9.09. The van der Waals surface area contributed by atoms with Gasteiger partial charge in [0.2, 0.25) is 10.0 Å². The third kappa shape index (κ3) is 3.63. The number of benzene rings is 1. The van der Waals surface area contributed by atoms with Gasteiger partial charge in [0, 0.05) is 19.6 Å². The van der Waals surface area contributed by atoms with Gasteiger partial charge in [0.25, 0.3) is 0 Å². The third-order valence-electron chi connectivity index (χ3n) is 5.30. The van der Waals surface area contributed by atoms with Crippen molar-refractivity contribution in [1.29, 1.82) is 0 Å². The van der Waals surface area contributed by atoms with Crippen LogP contribution >= 0.6 is 0 Å². The molecular formula is C17H24N2O4S. The lowest BCUT2D eigenvalue weighted by Gasteiger charge is -2.38. The highest BCUT2D eigenvalue weighted by molar-refractivity contribution is 7.88. The molecule has 0 aromatic heterocycles. The zero-order chi connectivity index (χ0) is 17.4. The first-order valence-electron chi connectivity index (χ1n) is 8.29. The molecule has 3 rings (SSSR count). The molecule has 0 bridgehead atoms. The summed E-state index contributed by atoms with van der Waals surface area (Å²) in [5.41, 5.74) is 1.84. The van der Waals surface area contributed by atoms with Gasteiger partial charge in [-0.15, -0.1) is 0 Å². The lowest BCUT2D eigenvalue weighted by Crippen LogP contribution is -2.44. The van der Waals surface area contributed by atoms with Crippen molar-refractivity contribution >= 4 is 16.0 Å². The zero-order valence-electron chi connectivity index (χ0n) is 13.9. The largest absolute Gasteiger partial charge is 0.480 e. The van der Waals surface area contributed by atoms with Crippen molar-refractivity contribution in [3.05, 3.63) is 35.4 Å². The molecule has 2 heterocycles. The molecule has 0 saturated carbocycles. The number of carboxylic acid groups (broad SMARTS) is 1. The number of nitrogens with one attached hydrogen (secondary N) is 1. The van der Waals surface area contributed by atoms with Gasteiger partial charge in [-0.3, -0.25) is 4.79 Å². The molecule has 7 heteroatoms. The Morgan fingerprint density at radius 1 is 1.29 bits per heavy atom. The van der Waals surface area contributed by atoms with Crippen LogP contribution in [0, 0.1) is 12.3 Å². The van der Waals surface area contributed by atoms with E-state index in [0.29, 0.717) is 26.1 Å². The lowest BCUT2D eigenvalue weighted by molar-refractivity contribution is -0.139. The van der Waals surface area contributed by atoms with E-state index in [0.717, 1.165) is 24.0 Å². The number of piperidine rings is 1. The molecule has 1 spiro atoms. The molecular weight excluding hydrogens is 328 g/mol. The minimum absolute atomic E-state index is 0.0241. The number of aliphatic carboxylic acids is 1. The summed E-state index contributed by atoms with van der Waals surface area (Å²) in [4.78, 5) is 11.1. The Hall–Kier alpha value is -1.44. The Labute approximate surface area is 142 Å². The Balaban J connectivity index is 1.61. The minimum Gasteiger partial charge on any atom is -0.480 e. The Bertz CT molecular complexity index is 707. The second kappa shape index (κ2) is 6.46. The van der Waals surface area contributed by atoms with E-state index in [4.69, 9.17) is 5.11 Å². The first-order chi connectivity index (χ1) is 11.3. The fraction of sp³-hybridized carbons (Fsp3) is 0.588. The first kappa shape index (κ1) is 17.4. The zero-order valence-corrected chi connectivity index (χ0v) is 14.7. The van der Waals surface area contributed by atoms with Crippen molar-refractivity contribution in [2.75, 3.05) is 19.6 Å². The number of sulfonamides is 1. The summed E-state index contributed by atoms with van der Waals surface area (Å²) in [6, 6.07) is 7.06. The first-order valence-corrected chi connectivity index (χ1v) is 9.90. The monoisotopic (exact) mass is 352 g/mol. The Morgan fingerprint density at radius 2 is 1.92 bits per heavy atom. The van der Waals surface area contributed by atoms with Crippen LogP contribution in [-0.4, -0.2) is 49.5 Å². The van der Waals surface area contributed by atoms with Crippen LogP contribution < -0.4 is 5.32 Å². The van der Waals surface area contributed by atoms with E-state index in [1.165, 1.54) is 0 Å². The number of rotatable bonds is 4. The quantitative estimate of drug-likeness (QED) is 0.854. The third-order valence-corrected chi connectivity index (χ3v) is 7.15. The van der Waals surface area contributed by atoms with Gasteiger partial charge < -0.3 is 10.4 Å². The molecule has 2 N–H and O–H groups in total. The fourth-order valence-corrected chi connectivity index (χ4v) is 5.23. The minimum atomic E-state index is -3.33. The molecule has 0 amide bonds. The number of carboxylic acids is 1. The number of hydrogen-bond acceptors (Lipinski definition) is 4. The number of hydrogen-bond donors (Lipinski definition) is 2. The number of carbonyl (C=O) groups is 1. The van der Waals surface area contributed by atoms with Crippen molar-refractivity contribution in [2.45, 2.75) is 38.0 Å². The van der Waals surface area contributed by atoms with Gasteiger partial charge in [0.15, 0.2) is 0 Å². The highest BCUT2D eigenvalue weighted by atomic mass is 32.2. The van der Waals surface area contributed by atoms with Gasteiger partial charge in [-0.05, 0) is 37.2 Å². The van der Waals surface area contributed by atoms with Gasteiger partial charge in [-0.2, -0.15) is 0 Å². The standard InChI is InChI=1S/C17H24N2O4S/c1-13-2-4-14(5-3-13)11-24(22,23)19-8-6-17(7-9-19)10-15(16(20)21)18-12-17/h2-5,15,18H,6-12H2,1H3,(H,20,21)/t15-/m0/s1. The normalized spacial score (nSPS) is 24.3. The van der Waals surface area contributed by atoms with E-state index in [1.54, 1.807) is 4.31 Å². The molecule has 2 saturated heterocycles. The maximum atomic E-state index is 12.6. The molecule has 1 aromatic carbocycles. The summed E-state index contributed by atoms with van der Waals surface area (Å²) in [6.45, 7) is 3.59. The van der Waals surface area contributed by atoms with Crippen molar-refractivity contribution in [2.24, 2.45) is 5.41 Å². The van der Waals surface area contributed by atoms with Crippen LogP contribution in [0.3, 0.4) is 0 Å². The molecule has 24 heavy (non-hydrogen) atoms. The summed E-state index contributed by atoms with van der Waals surface area (Å²) in [7, 11) is -3.33. The van der Waals surface area contributed by atoms with Crippen LogP contribution in [0.4, 0.5) is 0 Å². The topological polar surface area (TPSA) is 86.7 Å². The fourth-order valence-electron chi connectivity index (χ4n) is 3.70. The van der Waals surface area contributed by atoms with Crippen LogP contribution in [-0.2, 0) is 20.6 Å². The van der Waals surface area contributed by atoms with Crippen LogP contribution in [0.15, 0.2) is 24.3 Å². The van der Waals surface area contributed by atoms with E-state index < -0.39 is 22.0 Å². The van der Waals surface area contributed by atoms with E-state index in [-0.39, 0.29) is 11.2 Å². The summed E-state index contributed by atoms with van der Waals surface area (Å²) in [6.07, 6.45) is 2.03. The van der Waals surface area contributed by atoms with Crippen molar-refractivity contribution in [1.82, 2.24) is 9.62 Å². The van der Waals surface area contributed by atoms with Gasteiger partial charge in [0.1, 0.15) is 6.04 Å². The van der Waals surface area contributed by atoms with Crippen LogP contribution in [0.2, 0.25) is 0 Å². The maximum absolute atomic E-state index is 12.6. The molecule has 1 aromatic rings. The molecule has 132 valence electrons. The molecule has 2 aliphatic rings. The Morgan fingerprint density at radius 3 is 2.46 bits per heavy atom. The summed E-state index contributed by atoms with van der Waals surface area (Å²) < 4.78 is 26.8. The van der Waals surface area contributed by atoms with E-state index >= 15 is 0 Å². The molecule has 6 nitrogen and oxygen atoms in total. The SMILES string of the molecule is Cc1ccc(CS(=O)(=O)N2CCC3(CC2)CN[C@H](C(=O)O)C3)cc1. The predicted molar refractivity (Wildman–Crippen MR) is 91.1 cm³/mol. The summed E-state index contributed by atoms with van der Waals surface area (Å²) in [5.74, 6) is -0.794. The van der Waals surface area contributed by atoms with Crippen LogP contribution in [0.1, 0.15) is 30.4 Å². The van der Waals surface area contributed by atoms with Gasteiger partial charge in [-0.1, -0.05) is 29.8 Å². The molecule has 2 aliphatic heterocycles. The van der Waals surface area contributed by atoms with Crippen molar-refractivity contribution < 1.29 is 18.3 Å². The lowest BCUT2D eigenvalue weighted by atomic mass is 9.77. The summed E-state index contributed by atoms with van der Waals surface area (Å²) >= 11 is 0. The molecule has 1 atom stereocenters. The average Bonchev–Trinajstić information content (AvgIpc) is 2.94. The van der Waals surface area contributed by atoms with Crippen LogP contribution in [0.5, 0.6) is 0 Å². The highest BCUT2D eigenvalue weighted by Crippen LogP contribution is 2.40. The summed E-state index contributed by atoms with van der Waals surface area (Å²) in [5, 5.41) is 12.2. The maximum Gasteiger partial charge on any atom is 0.320 e. The van der Waals surface area contributed by atoms with E-state index in [9.17, 15) is 13.2 Å². The number of aryl methyl sites for hydroxylation is 1. The molecule has 0 aliphatic carbocycles. The average molecular weight is 352 g/mol. The number of nitrogens with zero attached hydrogens (tertiary/aromatic N) is 1. The second-order valence-electron chi connectivity index (χ2n) is 7.12. The Kier molecular flexibility index (Phi) is 4.68. The van der Waals surface area contributed by atoms with Crippen LogP contribution in [0.25, 0.3) is 0 Å². The predicted octanol–water partition coefficient (Wildman–Crippen LogP) is 1.35.